The number of carbonyl (C=O) groups excluding carboxylic acids is 1. The van der Waals surface area contributed by atoms with Crippen LogP contribution in [0.3, 0.4) is 0 Å². The Balaban J connectivity index is 0.000000243. The molecule has 0 aliphatic carbocycles. The smallest absolute Gasteiger partial charge is 0.387 e. The largest absolute Gasteiger partial charge is 0.435 e. The van der Waals surface area contributed by atoms with E-state index in [9.17, 15) is 13.6 Å². The van der Waals surface area contributed by atoms with E-state index in [0.717, 1.165) is 11.4 Å². The van der Waals surface area contributed by atoms with E-state index in [1.807, 2.05) is 24.3 Å². The molecule has 1 aliphatic heterocycles. The average molecular weight is 479 g/mol. The van der Waals surface area contributed by atoms with Crippen molar-refractivity contribution < 1.29 is 18.3 Å². The van der Waals surface area contributed by atoms with Crippen molar-refractivity contribution in [2.24, 2.45) is 0 Å². The number of anilines is 2. The van der Waals surface area contributed by atoms with Crippen LogP contribution in [-0.4, -0.2) is 24.7 Å². The number of nitrogens with zero attached hydrogens (tertiary/aromatic N) is 2. The van der Waals surface area contributed by atoms with Crippen molar-refractivity contribution in [3.63, 3.8) is 0 Å². The van der Waals surface area contributed by atoms with Crippen molar-refractivity contribution in [1.29, 1.82) is 0 Å². The van der Waals surface area contributed by atoms with Crippen LogP contribution in [0.15, 0.2) is 78.9 Å². The zero-order valence-corrected chi connectivity index (χ0v) is 19.0. The van der Waals surface area contributed by atoms with Crippen molar-refractivity contribution in [1.82, 2.24) is 0 Å². The summed E-state index contributed by atoms with van der Waals surface area (Å²) in [5.74, 6) is 0.192. The fraction of sp³-hybridized carbons (Fsp3) is 0.208. The molecule has 0 N–H and O–H groups in total. The molecule has 0 unspecified atom stereocenters. The Bertz CT molecular complexity index is 1030. The van der Waals surface area contributed by atoms with Crippen LogP contribution in [0.25, 0.3) is 0 Å². The van der Waals surface area contributed by atoms with Crippen molar-refractivity contribution in [3.05, 3.63) is 88.9 Å². The topological polar surface area (TPSA) is 32.8 Å². The normalized spacial score (nSPS) is 14.9. The summed E-state index contributed by atoms with van der Waals surface area (Å²) in [7, 11) is 0. The SMILES string of the molecule is CC1(C)CN(c2ccc(Cl)cc2)C(=O)N1c1ccc(Cl)cc1.FC(F)Oc1ccccc1. The maximum atomic E-state index is 12.9. The summed E-state index contributed by atoms with van der Waals surface area (Å²) in [4.78, 5) is 16.5. The molecule has 0 bridgehead atoms. The number of amides is 2. The van der Waals surface area contributed by atoms with Crippen LogP contribution in [0.1, 0.15) is 13.8 Å². The van der Waals surface area contributed by atoms with Crippen LogP contribution in [0.2, 0.25) is 10.0 Å². The third kappa shape index (κ3) is 5.90. The highest BCUT2D eigenvalue weighted by Gasteiger charge is 2.44. The Morgan fingerprint density at radius 3 is 1.84 bits per heavy atom. The van der Waals surface area contributed by atoms with Crippen molar-refractivity contribution in [2.45, 2.75) is 26.0 Å². The number of alkyl halides is 2. The first-order valence-corrected chi connectivity index (χ1v) is 10.6. The Morgan fingerprint density at radius 1 is 0.844 bits per heavy atom. The Kier molecular flexibility index (Phi) is 7.59. The molecule has 3 aromatic rings. The minimum atomic E-state index is -2.73. The highest BCUT2D eigenvalue weighted by Crippen LogP contribution is 2.35. The van der Waals surface area contributed by atoms with Gasteiger partial charge in [0.1, 0.15) is 5.75 Å². The van der Waals surface area contributed by atoms with Crippen molar-refractivity contribution >= 4 is 40.6 Å². The predicted octanol–water partition coefficient (Wildman–Crippen LogP) is 7.51. The van der Waals surface area contributed by atoms with Gasteiger partial charge in [0.05, 0.1) is 12.1 Å². The summed E-state index contributed by atoms with van der Waals surface area (Å²) in [6.07, 6.45) is 0. The second-order valence-corrected chi connectivity index (χ2v) is 8.53. The fourth-order valence-electron chi connectivity index (χ4n) is 3.38. The third-order valence-corrected chi connectivity index (χ3v) is 5.27. The monoisotopic (exact) mass is 478 g/mol. The second-order valence-electron chi connectivity index (χ2n) is 7.66. The molecule has 1 saturated heterocycles. The lowest BCUT2D eigenvalue weighted by atomic mass is 10.0. The number of benzene rings is 3. The molecule has 2 amide bonds. The molecule has 3 aromatic carbocycles. The summed E-state index contributed by atoms with van der Waals surface area (Å²) in [5, 5.41) is 1.31. The summed E-state index contributed by atoms with van der Waals surface area (Å²) < 4.78 is 27.1. The number of hydrogen-bond acceptors (Lipinski definition) is 2. The lowest BCUT2D eigenvalue weighted by Gasteiger charge is -2.29. The van der Waals surface area contributed by atoms with E-state index in [0.29, 0.717) is 16.6 Å². The fourth-order valence-corrected chi connectivity index (χ4v) is 3.63. The maximum absolute atomic E-state index is 12.9. The minimum absolute atomic E-state index is 0.0466. The molecule has 0 spiro atoms. The highest BCUT2D eigenvalue weighted by molar-refractivity contribution is 6.31. The first-order valence-electron chi connectivity index (χ1n) is 9.80. The molecule has 4 rings (SSSR count). The third-order valence-electron chi connectivity index (χ3n) is 4.76. The van der Waals surface area contributed by atoms with E-state index in [1.165, 1.54) is 12.1 Å². The molecule has 4 nitrogen and oxygen atoms in total. The maximum Gasteiger partial charge on any atom is 0.387 e. The Morgan fingerprint density at radius 2 is 1.34 bits per heavy atom. The van der Waals surface area contributed by atoms with Gasteiger partial charge in [0.15, 0.2) is 0 Å². The summed E-state index contributed by atoms with van der Waals surface area (Å²) in [6.45, 7) is 1.98. The number of para-hydroxylation sites is 1. The number of halogens is 4. The van der Waals surface area contributed by atoms with Crippen LogP contribution in [0, 0.1) is 0 Å². The zero-order valence-electron chi connectivity index (χ0n) is 17.5. The molecule has 8 heteroatoms. The van der Waals surface area contributed by atoms with Crippen LogP contribution in [0.5, 0.6) is 5.75 Å². The van der Waals surface area contributed by atoms with Gasteiger partial charge in [-0.05, 0) is 74.5 Å². The lowest BCUT2D eigenvalue weighted by Crippen LogP contribution is -2.42. The van der Waals surface area contributed by atoms with Gasteiger partial charge < -0.3 is 4.74 Å². The molecular weight excluding hydrogens is 457 g/mol. The Labute approximate surface area is 195 Å². The summed E-state index contributed by atoms with van der Waals surface area (Å²) in [5.41, 5.74) is 1.37. The standard InChI is InChI=1S/C17H16Cl2N2O.C7H6F2O/c1-17(2)11-20(14-7-3-12(18)4-8-14)16(22)21(17)15-9-5-13(19)6-10-15;8-7(9)10-6-4-2-1-3-5-6/h3-10H,11H2,1-2H3;1-5,7H. The molecule has 1 aliphatic rings. The van der Waals surface area contributed by atoms with Crippen LogP contribution >= 0.6 is 23.2 Å². The first kappa shape index (κ1) is 23.8. The number of urea groups is 1. The van der Waals surface area contributed by atoms with Crippen molar-refractivity contribution in [2.75, 3.05) is 16.3 Å². The van der Waals surface area contributed by atoms with E-state index in [-0.39, 0.29) is 17.3 Å². The van der Waals surface area contributed by atoms with Gasteiger partial charge in [-0.25, -0.2) is 4.79 Å². The lowest BCUT2D eigenvalue weighted by molar-refractivity contribution is -0.0498. The first-order chi connectivity index (χ1) is 15.2. The average Bonchev–Trinajstić information content (AvgIpc) is 2.99. The number of carbonyl (C=O) groups is 1. The molecule has 0 radical (unpaired) electrons. The quantitative estimate of drug-likeness (QED) is 0.388. The Hall–Kier alpha value is -2.83. The molecule has 0 saturated carbocycles. The van der Waals surface area contributed by atoms with Gasteiger partial charge in [-0.2, -0.15) is 8.78 Å². The minimum Gasteiger partial charge on any atom is -0.435 e. The van der Waals surface area contributed by atoms with Crippen LogP contribution in [0.4, 0.5) is 25.0 Å². The van der Waals surface area contributed by atoms with E-state index in [4.69, 9.17) is 23.2 Å². The number of ether oxygens (including phenoxy) is 1. The predicted molar refractivity (Wildman–Crippen MR) is 125 cm³/mol. The molecule has 0 aromatic heterocycles. The molecule has 168 valence electrons. The van der Waals surface area contributed by atoms with Crippen molar-refractivity contribution in [3.8, 4) is 5.75 Å². The van der Waals surface area contributed by atoms with Gasteiger partial charge in [0.2, 0.25) is 0 Å². The van der Waals surface area contributed by atoms with E-state index in [1.54, 1.807) is 52.3 Å². The van der Waals surface area contributed by atoms with Gasteiger partial charge in [-0.15, -0.1) is 0 Å². The van der Waals surface area contributed by atoms with E-state index < -0.39 is 6.61 Å². The van der Waals surface area contributed by atoms with Crippen LogP contribution < -0.4 is 14.5 Å². The number of hydrogen-bond donors (Lipinski definition) is 0. The summed E-state index contributed by atoms with van der Waals surface area (Å²) >= 11 is 11.9. The van der Waals surface area contributed by atoms with Crippen LogP contribution in [-0.2, 0) is 0 Å². The van der Waals surface area contributed by atoms with Gasteiger partial charge in [-0.1, -0.05) is 41.4 Å². The molecule has 0 atom stereocenters. The molecular formula is C24H22Cl2F2N2O2. The van der Waals surface area contributed by atoms with E-state index in [2.05, 4.69) is 18.6 Å². The highest BCUT2D eigenvalue weighted by atomic mass is 35.5. The molecule has 32 heavy (non-hydrogen) atoms. The zero-order chi connectivity index (χ0) is 23.3. The van der Waals surface area contributed by atoms with Gasteiger partial charge in [-0.3, -0.25) is 9.80 Å². The second kappa shape index (κ2) is 10.2. The molecule has 1 fully saturated rings. The van der Waals surface area contributed by atoms with E-state index >= 15 is 0 Å². The number of rotatable bonds is 4. The van der Waals surface area contributed by atoms with Gasteiger partial charge in [0.25, 0.3) is 0 Å². The summed E-state index contributed by atoms with van der Waals surface area (Å²) in [6, 6.07) is 22.6. The molecule has 1 heterocycles. The van der Waals surface area contributed by atoms with Gasteiger partial charge >= 0.3 is 12.6 Å². The van der Waals surface area contributed by atoms with Gasteiger partial charge in [0, 0.05) is 21.4 Å².